The summed E-state index contributed by atoms with van der Waals surface area (Å²) in [6.45, 7) is 11.2. The van der Waals surface area contributed by atoms with Crippen LogP contribution in [0.5, 0.6) is 0 Å². The van der Waals surface area contributed by atoms with E-state index in [-0.39, 0.29) is 5.84 Å². The van der Waals surface area contributed by atoms with Crippen LogP contribution in [0.1, 0.15) is 44.7 Å². The van der Waals surface area contributed by atoms with Crippen LogP contribution in [0.25, 0.3) is 0 Å². The van der Waals surface area contributed by atoms with Gasteiger partial charge in [0.2, 0.25) is 0 Å². The van der Waals surface area contributed by atoms with Crippen LogP contribution in [0.15, 0.2) is 18.2 Å². The molecule has 3 N–H and O–H groups in total. The summed E-state index contributed by atoms with van der Waals surface area (Å²) < 4.78 is 0. The highest BCUT2D eigenvalue weighted by molar-refractivity contribution is 6.00. The zero-order chi connectivity index (χ0) is 14.9. The molecule has 1 fully saturated rings. The van der Waals surface area contributed by atoms with Crippen LogP contribution in [-0.2, 0) is 0 Å². The molecule has 3 nitrogen and oxygen atoms in total. The number of nitrogen functional groups attached to an aromatic ring is 1. The maximum absolute atomic E-state index is 7.76. The van der Waals surface area contributed by atoms with Crippen LogP contribution in [0.2, 0.25) is 0 Å². The molecule has 0 spiro atoms. The van der Waals surface area contributed by atoms with E-state index in [1.807, 2.05) is 12.1 Å². The predicted octanol–water partition coefficient (Wildman–Crippen LogP) is 3.54. The maximum atomic E-state index is 7.76. The molecular formula is C17H27N3. The summed E-state index contributed by atoms with van der Waals surface area (Å²) >= 11 is 0. The average Bonchev–Trinajstić information content (AvgIpc) is 2.37. The summed E-state index contributed by atoms with van der Waals surface area (Å²) in [7, 11) is 0. The second-order valence-electron chi connectivity index (χ2n) is 7.06. The average molecular weight is 273 g/mol. The second-order valence-corrected chi connectivity index (χ2v) is 7.06. The molecule has 0 unspecified atom stereocenters. The molecule has 1 heterocycles. The number of piperidine rings is 1. The minimum absolute atomic E-state index is 0.165. The highest BCUT2D eigenvalue weighted by Gasteiger charge is 2.29. The molecule has 0 radical (unpaired) electrons. The van der Waals surface area contributed by atoms with E-state index >= 15 is 0 Å². The minimum Gasteiger partial charge on any atom is -0.384 e. The Morgan fingerprint density at radius 2 is 1.85 bits per heavy atom. The zero-order valence-electron chi connectivity index (χ0n) is 13.2. The van der Waals surface area contributed by atoms with E-state index in [1.165, 1.54) is 18.4 Å². The molecule has 0 aromatic heterocycles. The fourth-order valence-corrected chi connectivity index (χ4v) is 3.12. The Labute approximate surface area is 122 Å². The number of benzene rings is 1. The van der Waals surface area contributed by atoms with Crippen LogP contribution in [0.3, 0.4) is 0 Å². The van der Waals surface area contributed by atoms with E-state index in [0.29, 0.717) is 5.41 Å². The third-order valence-corrected chi connectivity index (χ3v) is 4.50. The largest absolute Gasteiger partial charge is 0.384 e. The van der Waals surface area contributed by atoms with Crippen molar-refractivity contribution in [3.05, 3.63) is 29.3 Å². The van der Waals surface area contributed by atoms with E-state index < -0.39 is 0 Å². The van der Waals surface area contributed by atoms with E-state index in [4.69, 9.17) is 11.1 Å². The molecule has 20 heavy (non-hydrogen) atoms. The molecule has 0 aliphatic carbocycles. The first-order chi connectivity index (χ1) is 9.29. The smallest absolute Gasteiger partial charge is 0.124 e. The summed E-state index contributed by atoms with van der Waals surface area (Å²) in [4.78, 5) is 2.39. The highest BCUT2D eigenvalue weighted by atomic mass is 15.1. The number of rotatable bonds is 2. The lowest BCUT2D eigenvalue weighted by molar-refractivity contribution is 0.199. The minimum atomic E-state index is 0.165. The van der Waals surface area contributed by atoms with Gasteiger partial charge >= 0.3 is 0 Å². The molecule has 2 rings (SSSR count). The number of nitrogens with one attached hydrogen (secondary N) is 1. The van der Waals surface area contributed by atoms with Crippen LogP contribution in [0.4, 0.5) is 5.69 Å². The van der Waals surface area contributed by atoms with Gasteiger partial charge in [-0.15, -0.1) is 0 Å². The monoisotopic (exact) mass is 273 g/mol. The van der Waals surface area contributed by atoms with Crippen LogP contribution in [-0.4, -0.2) is 18.9 Å². The molecule has 110 valence electrons. The highest BCUT2D eigenvalue weighted by Crippen LogP contribution is 2.36. The molecule has 0 amide bonds. The number of aryl methyl sites for hydroxylation is 1. The Hall–Kier alpha value is -1.51. The maximum Gasteiger partial charge on any atom is 0.124 e. The van der Waals surface area contributed by atoms with Crippen molar-refractivity contribution in [2.45, 2.75) is 40.5 Å². The number of nitrogens with zero attached hydrogens (tertiary/aromatic N) is 1. The summed E-state index contributed by atoms with van der Waals surface area (Å²) in [5.41, 5.74) is 9.34. The van der Waals surface area contributed by atoms with Gasteiger partial charge in [-0.3, -0.25) is 5.41 Å². The Morgan fingerprint density at radius 3 is 2.35 bits per heavy atom. The van der Waals surface area contributed by atoms with Crippen LogP contribution in [0, 0.1) is 23.7 Å². The fourth-order valence-electron chi connectivity index (χ4n) is 3.12. The van der Waals surface area contributed by atoms with Crippen molar-refractivity contribution in [3.63, 3.8) is 0 Å². The third-order valence-electron chi connectivity index (χ3n) is 4.50. The third kappa shape index (κ3) is 3.14. The number of hydrogen-bond donors (Lipinski definition) is 2. The normalized spacial score (nSPS) is 17.3. The van der Waals surface area contributed by atoms with Crippen molar-refractivity contribution < 1.29 is 0 Å². The molecule has 0 bridgehead atoms. The molecule has 1 aromatic rings. The molecule has 3 heteroatoms. The van der Waals surface area contributed by atoms with Gasteiger partial charge < -0.3 is 10.6 Å². The van der Waals surface area contributed by atoms with Gasteiger partial charge in [-0.2, -0.15) is 0 Å². The number of anilines is 1. The first-order valence-corrected chi connectivity index (χ1v) is 7.49. The fraction of sp³-hybridized carbons (Fsp3) is 0.588. The Balaban J connectivity index is 2.18. The van der Waals surface area contributed by atoms with Gasteiger partial charge in [0.1, 0.15) is 5.84 Å². The lowest BCUT2D eigenvalue weighted by Gasteiger charge is -2.40. The lowest BCUT2D eigenvalue weighted by atomic mass is 9.75. The van der Waals surface area contributed by atoms with Gasteiger partial charge in [-0.1, -0.05) is 26.8 Å². The van der Waals surface area contributed by atoms with Gasteiger partial charge in [0, 0.05) is 24.3 Å². The molecule has 1 aromatic carbocycles. The first-order valence-electron chi connectivity index (χ1n) is 7.49. The number of amidine groups is 1. The Morgan fingerprint density at radius 1 is 1.25 bits per heavy atom. The molecule has 1 saturated heterocycles. The van der Waals surface area contributed by atoms with Gasteiger partial charge in [0.25, 0.3) is 0 Å². The van der Waals surface area contributed by atoms with E-state index in [2.05, 4.69) is 38.7 Å². The van der Waals surface area contributed by atoms with Crippen molar-refractivity contribution >= 4 is 11.5 Å². The summed E-state index contributed by atoms with van der Waals surface area (Å²) in [6, 6.07) is 6.17. The van der Waals surface area contributed by atoms with Crippen molar-refractivity contribution in [2.24, 2.45) is 17.1 Å². The van der Waals surface area contributed by atoms with E-state index in [9.17, 15) is 0 Å². The Bertz CT molecular complexity index is 491. The quantitative estimate of drug-likeness (QED) is 0.639. The van der Waals surface area contributed by atoms with Gasteiger partial charge in [-0.05, 0) is 48.8 Å². The van der Waals surface area contributed by atoms with Crippen molar-refractivity contribution in [2.75, 3.05) is 18.0 Å². The van der Waals surface area contributed by atoms with Crippen LogP contribution >= 0.6 is 0 Å². The molecule has 0 atom stereocenters. The summed E-state index contributed by atoms with van der Waals surface area (Å²) in [5.74, 6) is 0.947. The summed E-state index contributed by atoms with van der Waals surface area (Å²) in [6.07, 6.45) is 2.43. The van der Waals surface area contributed by atoms with Crippen molar-refractivity contribution in [1.29, 1.82) is 5.41 Å². The van der Waals surface area contributed by atoms with Crippen LogP contribution < -0.4 is 10.6 Å². The molecule has 0 saturated carbocycles. The first kappa shape index (κ1) is 14.9. The van der Waals surface area contributed by atoms with Gasteiger partial charge in [0.05, 0.1) is 0 Å². The molecule has 1 aliphatic rings. The van der Waals surface area contributed by atoms with Crippen molar-refractivity contribution in [3.8, 4) is 0 Å². The lowest BCUT2D eigenvalue weighted by Crippen LogP contribution is -2.39. The van der Waals surface area contributed by atoms with E-state index in [0.717, 1.165) is 30.3 Å². The van der Waals surface area contributed by atoms with Gasteiger partial charge in [-0.25, -0.2) is 0 Å². The predicted molar refractivity (Wildman–Crippen MR) is 86.6 cm³/mol. The summed E-state index contributed by atoms with van der Waals surface area (Å²) in [5, 5.41) is 7.76. The standard InChI is InChI=1S/C17H27N3/c1-12-5-6-14(16(18)19)15(11-12)20-9-7-13(8-10-20)17(2,3)4/h5-6,11,13H,7-10H2,1-4H3,(H3,18,19). The Kier molecular flexibility index (Phi) is 4.07. The zero-order valence-corrected chi connectivity index (χ0v) is 13.2. The molecule has 1 aliphatic heterocycles. The second kappa shape index (κ2) is 5.47. The van der Waals surface area contributed by atoms with E-state index in [1.54, 1.807) is 0 Å². The molecular weight excluding hydrogens is 246 g/mol. The number of nitrogens with two attached hydrogens (primary N) is 1. The number of hydrogen-bond acceptors (Lipinski definition) is 2. The van der Waals surface area contributed by atoms with Crippen molar-refractivity contribution in [1.82, 2.24) is 0 Å². The topological polar surface area (TPSA) is 53.1 Å². The SMILES string of the molecule is Cc1ccc(C(=N)N)c(N2CCC(C(C)(C)C)CC2)c1. The van der Waals surface area contributed by atoms with Gasteiger partial charge in [0.15, 0.2) is 0 Å².